The number of aryl methyl sites for hydroxylation is 1. The summed E-state index contributed by atoms with van der Waals surface area (Å²) in [6.07, 6.45) is 0. The largest absolute Gasteiger partial charge is 0.507 e. The first-order chi connectivity index (χ1) is 20.9. The molecule has 5 aromatic carbocycles. The van der Waals surface area contributed by atoms with Crippen LogP contribution in [0.4, 0.5) is 17.1 Å². The van der Waals surface area contributed by atoms with Crippen molar-refractivity contribution in [2.45, 2.75) is 28.2 Å². The minimum Gasteiger partial charge on any atom is -0.507 e. The Kier molecular flexibility index (Phi) is 8.02. The van der Waals surface area contributed by atoms with Gasteiger partial charge in [-0.1, -0.05) is 42.0 Å². The maximum Gasteiger partial charge on any atom is 0.297 e. The predicted molar refractivity (Wildman–Crippen MR) is 163 cm³/mol. The Morgan fingerprint density at radius 2 is 1.40 bits per heavy atom. The van der Waals surface area contributed by atoms with Gasteiger partial charge >= 0.3 is 0 Å². The third kappa shape index (κ3) is 6.44. The Morgan fingerprint density at radius 1 is 0.733 bits per heavy atom. The molecule has 0 atom stereocenters. The maximum absolute atomic E-state index is 12.7. The van der Waals surface area contributed by atoms with Crippen LogP contribution < -0.4 is 10.5 Å². The minimum absolute atomic E-state index is 0.0184. The fourth-order valence-corrected chi connectivity index (χ4v) is 6.69. The SMILES string of the molecule is Cc1ccc(COc2cc(S(=O)(=O)O)cc3c(S(=O)(=O)O)c(N=Nc4cc(S(=O)(=O)O)c5cccc(O)c5c4N)ccc23)cc1. The van der Waals surface area contributed by atoms with E-state index < -0.39 is 67.6 Å². The van der Waals surface area contributed by atoms with E-state index in [1.807, 2.05) is 19.1 Å². The summed E-state index contributed by atoms with van der Waals surface area (Å²) in [5.41, 5.74) is 6.55. The zero-order valence-electron chi connectivity index (χ0n) is 23.0. The third-order valence-electron chi connectivity index (χ3n) is 6.74. The molecule has 0 amide bonds. The highest BCUT2D eigenvalue weighted by Gasteiger charge is 2.25. The molecule has 0 fully saturated rings. The van der Waals surface area contributed by atoms with Gasteiger partial charge in [0, 0.05) is 22.2 Å². The fourth-order valence-electron chi connectivity index (χ4n) is 4.64. The van der Waals surface area contributed by atoms with Gasteiger partial charge in [0.25, 0.3) is 30.4 Å². The first kappa shape index (κ1) is 31.8. The summed E-state index contributed by atoms with van der Waals surface area (Å²) in [4.78, 5) is -2.36. The molecule has 0 bridgehead atoms. The van der Waals surface area contributed by atoms with Gasteiger partial charge in [-0.2, -0.15) is 25.3 Å². The molecule has 0 saturated carbocycles. The van der Waals surface area contributed by atoms with Crippen molar-refractivity contribution in [3.8, 4) is 11.5 Å². The van der Waals surface area contributed by atoms with Crippen molar-refractivity contribution in [3.63, 3.8) is 0 Å². The molecule has 0 aliphatic carbocycles. The summed E-state index contributed by atoms with van der Waals surface area (Å²) in [6.45, 7) is 1.81. The Hall–Kier alpha value is -4.65. The van der Waals surface area contributed by atoms with Crippen molar-refractivity contribution in [2.75, 3.05) is 5.73 Å². The van der Waals surface area contributed by atoms with E-state index in [0.717, 1.165) is 29.8 Å². The topological polar surface area (TPSA) is 243 Å². The van der Waals surface area contributed by atoms with Gasteiger partial charge in [0.05, 0.1) is 16.0 Å². The van der Waals surface area contributed by atoms with Gasteiger partial charge in [-0.05, 0) is 42.8 Å². The molecule has 234 valence electrons. The average Bonchev–Trinajstić information content (AvgIpc) is 2.94. The molecule has 45 heavy (non-hydrogen) atoms. The van der Waals surface area contributed by atoms with Crippen molar-refractivity contribution in [2.24, 2.45) is 10.2 Å². The van der Waals surface area contributed by atoms with Crippen LogP contribution in [0.2, 0.25) is 0 Å². The molecule has 5 aromatic rings. The average molecular weight is 674 g/mol. The molecular formula is C28H23N3O11S3. The van der Waals surface area contributed by atoms with Crippen LogP contribution in [0.15, 0.2) is 97.7 Å². The normalized spacial score (nSPS) is 12.7. The number of benzene rings is 5. The highest BCUT2D eigenvalue weighted by atomic mass is 32.2. The maximum atomic E-state index is 12.7. The second kappa shape index (κ2) is 11.4. The van der Waals surface area contributed by atoms with Crippen LogP contribution in [0, 0.1) is 6.92 Å². The monoisotopic (exact) mass is 673 g/mol. The highest BCUT2D eigenvalue weighted by Crippen LogP contribution is 2.43. The number of hydrogen-bond donors (Lipinski definition) is 5. The van der Waals surface area contributed by atoms with E-state index in [4.69, 9.17) is 10.5 Å². The molecule has 5 rings (SSSR count). The molecule has 0 spiro atoms. The number of phenolic OH excluding ortho intramolecular Hbond substituents is 1. The van der Waals surface area contributed by atoms with E-state index in [9.17, 15) is 44.0 Å². The van der Waals surface area contributed by atoms with E-state index in [1.165, 1.54) is 24.3 Å². The second-order valence-electron chi connectivity index (χ2n) is 9.84. The van der Waals surface area contributed by atoms with Gasteiger partial charge in [0.1, 0.15) is 39.3 Å². The van der Waals surface area contributed by atoms with Crippen molar-refractivity contribution in [1.29, 1.82) is 0 Å². The van der Waals surface area contributed by atoms with Crippen molar-refractivity contribution < 1.29 is 48.8 Å². The number of phenols is 1. The van der Waals surface area contributed by atoms with Crippen LogP contribution in [0.5, 0.6) is 11.5 Å². The summed E-state index contributed by atoms with van der Waals surface area (Å²) in [6, 6.07) is 16.0. The lowest BCUT2D eigenvalue weighted by Gasteiger charge is -2.14. The van der Waals surface area contributed by atoms with Crippen LogP contribution in [0.25, 0.3) is 21.5 Å². The fraction of sp³-hybridized carbons (Fsp3) is 0.0714. The molecule has 0 radical (unpaired) electrons. The first-order valence-electron chi connectivity index (χ1n) is 12.6. The summed E-state index contributed by atoms with van der Waals surface area (Å²) < 4.78 is 109. The summed E-state index contributed by atoms with van der Waals surface area (Å²) in [5.74, 6) is -0.603. The summed E-state index contributed by atoms with van der Waals surface area (Å²) in [5, 5.41) is 17.3. The van der Waals surface area contributed by atoms with Gasteiger partial charge < -0.3 is 15.6 Å². The summed E-state index contributed by atoms with van der Waals surface area (Å²) >= 11 is 0. The Bertz CT molecular complexity index is 2380. The van der Waals surface area contributed by atoms with Gasteiger partial charge in [-0.25, -0.2) is 0 Å². The highest BCUT2D eigenvalue weighted by molar-refractivity contribution is 7.86. The molecule has 0 aliphatic heterocycles. The van der Waals surface area contributed by atoms with Gasteiger partial charge in [0.15, 0.2) is 0 Å². The number of ether oxygens (including phenoxy) is 1. The van der Waals surface area contributed by atoms with Crippen molar-refractivity contribution in [3.05, 3.63) is 83.9 Å². The van der Waals surface area contributed by atoms with Gasteiger partial charge in [-0.3, -0.25) is 13.7 Å². The number of nitrogens with zero attached hydrogens (tertiary/aromatic N) is 2. The number of nitrogen functional groups attached to an aromatic ring is 1. The van der Waals surface area contributed by atoms with E-state index >= 15 is 0 Å². The molecular weight excluding hydrogens is 651 g/mol. The number of nitrogens with two attached hydrogens (primary N) is 1. The molecule has 0 heterocycles. The van der Waals surface area contributed by atoms with Crippen LogP contribution in [0.3, 0.4) is 0 Å². The number of hydrogen-bond acceptors (Lipinski definition) is 11. The molecule has 17 heteroatoms. The molecule has 0 unspecified atom stereocenters. The van der Waals surface area contributed by atoms with Crippen LogP contribution in [-0.2, 0) is 37.0 Å². The van der Waals surface area contributed by atoms with Crippen LogP contribution in [-0.4, -0.2) is 44.0 Å². The lowest BCUT2D eigenvalue weighted by atomic mass is 10.1. The Morgan fingerprint density at radius 3 is 2.02 bits per heavy atom. The minimum atomic E-state index is -5.19. The number of aromatic hydroxyl groups is 1. The second-order valence-corrected chi connectivity index (χ2v) is 14.0. The van der Waals surface area contributed by atoms with E-state index in [1.54, 1.807) is 12.1 Å². The zero-order valence-corrected chi connectivity index (χ0v) is 25.4. The predicted octanol–water partition coefficient (Wildman–Crippen LogP) is 5.32. The van der Waals surface area contributed by atoms with Gasteiger partial charge in [0.2, 0.25) is 0 Å². The van der Waals surface area contributed by atoms with E-state index in [-0.39, 0.29) is 34.2 Å². The van der Waals surface area contributed by atoms with Crippen molar-refractivity contribution in [1.82, 2.24) is 0 Å². The lowest BCUT2D eigenvalue weighted by Crippen LogP contribution is -2.05. The van der Waals surface area contributed by atoms with E-state index in [2.05, 4.69) is 10.2 Å². The standard InChI is InChI=1S/C28H23N3O11S3/c1-15-5-7-16(8-6-15)14-42-24-12-17(43(33,34)35)11-20-18(24)9-10-21(28(20)45(39,40)41)30-31-22-13-25(44(36,37)38)19-3-2-4-23(32)26(19)27(22)29/h2-13,32H,14,29H2,1H3,(H,33,34,35)(H,36,37,38)(H,39,40,41). The van der Waals surface area contributed by atoms with Crippen LogP contribution in [0.1, 0.15) is 11.1 Å². The first-order valence-corrected chi connectivity index (χ1v) is 16.9. The van der Waals surface area contributed by atoms with Crippen molar-refractivity contribution >= 4 is 69.0 Å². The Labute approximate surface area is 256 Å². The number of anilines is 1. The molecule has 6 N–H and O–H groups in total. The van der Waals surface area contributed by atoms with Gasteiger partial charge in [-0.15, -0.1) is 10.2 Å². The number of azo groups is 1. The zero-order chi connectivity index (χ0) is 32.9. The third-order valence-corrected chi connectivity index (χ3v) is 9.41. The smallest absolute Gasteiger partial charge is 0.297 e. The van der Waals surface area contributed by atoms with E-state index in [0.29, 0.717) is 5.56 Å². The lowest BCUT2D eigenvalue weighted by molar-refractivity contribution is 0.309. The molecule has 0 saturated heterocycles. The molecule has 14 nitrogen and oxygen atoms in total. The number of rotatable bonds is 8. The molecule has 0 aromatic heterocycles. The number of fused-ring (bicyclic) bond motifs is 2. The van der Waals surface area contributed by atoms with Crippen LogP contribution >= 0.6 is 0 Å². The molecule has 0 aliphatic rings. The quantitative estimate of drug-likeness (QED) is 0.0798. The Balaban J connectivity index is 1.72. The summed E-state index contributed by atoms with van der Waals surface area (Å²) in [7, 11) is -15.0.